The van der Waals surface area contributed by atoms with Gasteiger partial charge in [-0.1, -0.05) is 17.7 Å². The summed E-state index contributed by atoms with van der Waals surface area (Å²) in [5, 5.41) is 0.702. The van der Waals surface area contributed by atoms with E-state index in [1.807, 2.05) is 23.1 Å². The van der Waals surface area contributed by atoms with Crippen molar-refractivity contribution in [3.63, 3.8) is 0 Å². The molecular weight excluding hydrogens is 366 g/mol. The third kappa shape index (κ3) is 3.92. The molecule has 4 rings (SSSR count). The van der Waals surface area contributed by atoms with Gasteiger partial charge in [0.1, 0.15) is 5.82 Å². The SMILES string of the molecule is O=C1C=C(N2CCOCC2)N=C(CC(=O)N2CCCc3c(Cl)cccc32)C1. The number of allylic oxidation sites excluding steroid dienone is 1. The first kappa shape index (κ1) is 18.2. The fraction of sp³-hybridized carbons (Fsp3) is 0.450. The lowest BCUT2D eigenvalue weighted by molar-refractivity contribution is -0.117. The van der Waals surface area contributed by atoms with Crippen LogP contribution in [0.5, 0.6) is 0 Å². The summed E-state index contributed by atoms with van der Waals surface area (Å²) < 4.78 is 5.36. The number of halogens is 1. The number of nitrogens with zero attached hydrogens (tertiary/aromatic N) is 3. The minimum Gasteiger partial charge on any atom is -0.378 e. The molecule has 0 N–H and O–H groups in total. The van der Waals surface area contributed by atoms with E-state index in [9.17, 15) is 9.59 Å². The monoisotopic (exact) mass is 387 g/mol. The standard InChI is InChI=1S/C20H22ClN3O3/c21-17-4-1-5-18-16(17)3-2-6-24(18)20(26)12-14-11-15(25)13-19(22-14)23-7-9-27-10-8-23/h1,4-5,13H,2-3,6-12H2. The Kier molecular flexibility index (Phi) is 5.27. The molecule has 1 saturated heterocycles. The molecule has 0 saturated carbocycles. The fourth-order valence-corrected chi connectivity index (χ4v) is 4.06. The van der Waals surface area contributed by atoms with Crippen LogP contribution in [-0.2, 0) is 20.7 Å². The third-order valence-corrected chi connectivity index (χ3v) is 5.48. The van der Waals surface area contributed by atoms with E-state index in [1.54, 1.807) is 11.0 Å². The van der Waals surface area contributed by atoms with Crippen molar-refractivity contribution >= 4 is 34.7 Å². The van der Waals surface area contributed by atoms with Gasteiger partial charge >= 0.3 is 0 Å². The number of fused-ring (bicyclic) bond motifs is 1. The highest BCUT2D eigenvalue weighted by Gasteiger charge is 2.27. The van der Waals surface area contributed by atoms with E-state index in [4.69, 9.17) is 16.3 Å². The van der Waals surface area contributed by atoms with E-state index in [2.05, 4.69) is 4.99 Å². The van der Waals surface area contributed by atoms with Gasteiger partial charge in [0.15, 0.2) is 5.78 Å². The molecule has 1 aromatic carbocycles. The first-order chi connectivity index (χ1) is 13.1. The maximum Gasteiger partial charge on any atom is 0.232 e. The van der Waals surface area contributed by atoms with Crippen molar-refractivity contribution in [3.05, 3.63) is 40.7 Å². The molecule has 1 fully saturated rings. The number of carbonyl (C=O) groups excluding carboxylic acids is 2. The molecule has 142 valence electrons. The number of benzene rings is 1. The van der Waals surface area contributed by atoms with Gasteiger partial charge in [0.25, 0.3) is 0 Å². The Hall–Kier alpha value is -2.18. The Labute approximate surface area is 163 Å². The van der Waals surface area contributed by atoms with Gasteiger partial charge in [-0.2, -0.15) is 0 Å². The molecule has 0 unspecified atom stereocenters. The molecule has 0 radical (unpaired) electrons. The van der Waals surface area contributed by atoms with Gasteiger partial charge in [0.05, 0.1) is 19.6 Å². The Balaban J connectivity index is 1.51. The average Bonchev–Trinajstić information content (AvgIpc) is 2.68. The highest BCUT2D eigenvalue weighted by Crippen LogP contribution is 2.33. The second-order valence-electron chi connectivity index (χ2n) is 6.99. The van der Waals surface area contributed by atoms with Crippen LogP contribution >= 0.6 is 11.6 Å². The topological polar surface area (TPSA) is 62.2 Å². The van der Waals surface area contributed by atoms with Crippen molar-refractivity contribution in [1.82, 2.24) is 4.90 Å². The van der Waals surface area contributed by atoms with Crippen LogP contribution in [0.4, 0.5) is 5.69 Å². The number of ketones is 1. The van der Waals surface area contributed by atoms with Gasteiger partial charge in [-0.05, 0) is 30.5 Å². The predicted octanol–water partition coefficient (Wildman–Crippen LogP) is 2.60. The van der Waals surface area contributed by atoms with Crippen molar-refractivity contribution in [1.29, 1.82) is 0 Å². The number of ether oxygens (including phenoxy) is 1. The van der Waals surface area contributed by atoms with Crippen molar-refractivity contribution < 1.29 is 14.3 Å². The van der Waals surface area contributed by atoms with Gasteiger partial charge in [-0.25, -0.2) is 4.99 Å². The summed E-state index contributed by atoms with van der Waals surface area (Å²) in [5.41, 5.74) is 2.53. The third-order valence-electron chi connectivity index (χ3n) is 5.13. The van der Waals surface area contributed by atoms with Crippen LogP contribution in [0, 0.1) is 0 Å². The molecule has 7 heteroatoms. The van der Waals surface area contributed by atoms with Crippen LogP contribution in [0.25, 0.3) is 0 Å². The van der Waals surface area contributed by atoms with Gasteiger partial charge < -0.3 is 14.5 Å². The van der Waals surface area contributed by atoms with Crippen molar-refractivity contribution in [2.45, 2.75) is 25.7 Å². The number of amides is 1. The predicted molar refractivity (Wildman–Crippen MR) is 104 cm³/mol. The summed E-state index contributed by atoms with van der Waals surface area (Å²) >= 11 is 6.30. The number of hydrogen-bond donors (Lipinski definition) is 0. The summed E-state index contributed by atoms with van der Waals surface area (Å²) in [4.78, 5) is 33.6. The van der Waals surface area contributed by atoms with Crippen LogP contribution < -0.4 is 4.90 Å². The molecule has 0 aliphatic carbocycles. The zero-order chi connectivity index (χ0) is 18.8. The number of rotatable bonds is 3. The lowest BCUT2D eigenvalue weighted by Crippen LogP contribution is -2.38. The van der Waals surface area contributed by atoms with Crippen molar-refractivity contribution in [2.75, 3.05) is 37.7 Å². The molecule has 6 nitrogen and oxygen atoms in total. The minimum absolute atomic E-state index is 0.00335. The Morgan fingerprint density at radius 3 is 2.85 bits per heavy atom. The number of anilines is 1. The number of carbonyl (C=O) groups is 2. The number of hydrogen-bond acceptors (Lipinski definition) is 5. The molecule has 0 atom stereocenters. The molecule has 1 amide bonds. The van der Waals surface area contributed by atoms with Gasteiger partial charge in [0.2, 0.25) is 5.91 Å². The zero-order valence-corrected chi connectivity index (χ0v) is 15.9. The maximum absolute atomic E-state index is 13.0. The molecule has 3 aliphatic rings. The molecule has 1 aromatic rings. The molecule has 3 aliphatic heterocycles. The Bertz CT molecular complexity index is 828. The number of aliphatic imine (C=N–C) groups is 1. The molecular formula is C20H22ClN3O3. The van der Waals surface area contributed by atoms with E-state index < -0.39 is 0 Å². The summed E-state index contributed by atoms with van der Waals surface area (Å²) in [6, 6.07) is 5.66. The lowest BCUT2D eigenvalue weighted by Gasteiger charge is -2.31. The molecule has 0 bridgehead atoms. The summed E-state index contributed by atoms with van der Waals surface area (Å²) in [5.74, 6) is 0.615. The second kappa shape index (κ2) is 7.82. The van der Waals surface area contributed by atoms with E-state index in [0.29, 0.717) is 49.4 Å². The first-order valence-electron chi connectivity index (χ1n) is 9.33. The average molecular weight is 388 g/mol. The lowest BCUT2D eigenvalue weighted by atomic mass is 10.00. The van der Waals surface area contributed by atoms with Crippen molar-refractivity contribution in [3.8, 4) is 0 Å². The summed E-state index contributed by atoms with van der Waals surface area (Å²) in [7, 11) is 0. The molecule has 0 spiro atoms. The highest BCUT2D eigenvalue weighted by atomic mass is 35.5. The normalized spacial score (nSPS) is 20.1. The minimum atomic E-state index is -0.0343. The molecule has 0 aromatic heterocycles. The molecule has 3 heterocycles. The van der Waals surface area contributed by atoms with Crippen LogP contribution in [0.1, 0.15) is 24.8 Å². The van der Waals surface area contributed by atoms with Crippen LogP contribution in [-0.4, -0.2) is 55.2 Å². The second-order valence-corrected chi connectivity index (χ2v) is 7.39. The van der Waals surface area contributed by atoms with E-state index in [0.717, 1.165) is 24.1 Å². The highest BCUT2D eigenvalue weighted by molar-refractivity contribution is 6.32. The van der Waals surface area contributed by atoms with Gasteiger partial charge in [-0.15, -0.1) is 0 Å². The smallest absolute Gasteiger partial charge is 0.232 e. The largest absolute Gasteiger partial charge is 0.378 e. The quantitative estimate of drug-likeness (QED) is 0.799. The van der Waals surface area contributed by atoms with E-state index in [-0.39, 0.29) is 24.5 Å². The Morgan fingerprint density at radius 2 is 2.04 bits per heavy atom. The Morgan fingerprint density at radius 1 is 1.22 bits per heavy atom. The van der Waals surface area contributed by atoms with E-state index in [1.165, 1.54) is 0 Å². The fourth-order valence-electron chi connectivity index (χ4n) is 3.80. The summed E-state index contributed by atoms with van der Waals surface area (Å²) in [6.45, 7) is 3.34. The van der Waals surface area contributed by atoms with Crippen LogP contribution in [0.15, 0.2) is 35.1 Å². The zero-order valence-electron chi connectivity index (χ0n) is 15.1. The maximum atomic E-state index is 13.0. The van der Waals surface area contributed by atoms with Crippen molar-refractivity contribution in [2.24, 2.45) is 4.99 Å². The summed E-state index contributed by atoms with van der Waals surface area (Å²) in [6.07, 6.45) is 3.69. The first-order valence-corrected chi connectivity index (χ1v) is 9.71. The van der Waals surface area contributed by atoms with Gasteiger partial charge in [-0.3, -0.25) is 9.59 Å². The van der Waals surface area contributed by atoms with Gasteiger partial charge in [0, 0.05) is 48.6 Å². The van der Waals surface area contributed by atoms with Crippen LogP contribution in [0.3, 0.4) is 0 Å². The molecule has 27 heavy (non-hydrogen) atoms. The van der Waals surface area contributed by atoms with Crippen LogP contribution in [0.2, 0.25) is 5.02 Å². The van der Waals surface area contributed by atoms with E-state index >= 15 is 0 Å². The number of morpholine rings is 1.